The molecular weight excluding hydrogens is 244 g/mol. The van der Waals surface area contributed by atoms with Gasteiger partial charge in [-0.15, -0.1) is 0 Å². The van der Waals surface area contributed by atoms with E-state index in [9.17, 15) is 9.59 Å². The number of amides is 3. The second-order valence-electron chi connectivity index (χ2n) is 5.39. The quantitative estimate of drug-likeness (QED) is 0.671. The third kappa shape index (κ3) is 5.57. The van der Waals surface area contributed by atoms with Gasteiger partial charge in [0.25, 0.3) is 0 Å². The van der Waals surface area contributed by atoms with Crippen LogP contribution < -0.4 is 16.0 Å². The Morgan fingerprint density at radius 3 is 2.42 bits per heavy atom. The zero-order valence-electron chi connectivity index (χ0n) is 12.2. The minimum Gasteiger partial charge on any atom is -0.338 e. The predicted molar refractivity (Wildman–Crippen MR) is 75.0 cm³/mol. The number of urea groups is 1. The van der Waals surface area contributed by atoms with Crippen LogP contribution in [-0.4, -0.2) is 55.6 Å². The smallest absolute Gasteiger partial charge is 0.321 e. The van der Waals surface area contributed by atoms with E-state index in [1.807, 2.05) is 14.0 Å². The van der Waals surface area contributed by atoms with Gasteiger partial charge < -0.3 is 10.6 Å². The molecule has 0 aromatic carbocycles. The van der Waals surface area contributed by atoms with Gasteiger partial charge in [0.05, 0.1) is 6.54 Å². The standard InChI is InChI=1S/C13H26N4O2/c1-4-7-15-12(19)16-11(18)10-17-8-5-13(2,14-3)6-9-17/h14H,4-10H2,1-3H3,(H2,15,16,18,19). The van der Waals surface area contributed by atoms with E-state index in [4.69, 9.17) is 0 Å². The summed E-state index contributed by atoms with van der Waals surface area (Å²) in [5, 5.41) is 8.29. The second-order valence-corrected chi connectivity index (χ2v) is 5.39. The van der Waals surface area contributed by atoms with E-state index in [1.165, 1.54) is 0 Å². The minimum atomic E-state index is -0.399. The number of imide groups is 1. The Balaban J connectivity index is 2.25. The van der Waals surface area contributed by atoms with Crippen molar-refractivity contribution in [3.05, 3.63) is 0 Å². The maximum atomic E-state index is 11.7. The number of likely N-dealkylation sites (tertiary alicyclic amines) is 1. The Morgan fingerprint density at radius 2 is 1.89 bits per heavy atom. The number of nitrogens with zero attached hydrogens (tertiary/aromatic N) is 1. The SMILES string of the molecule is CCCNC(=O)NC(=O)CN1CCC(C)(NC)CC1. The van der Waals surface area contributed by atoms with Crippen molar-refractivity contribution in [3.8, 4) is 0 Å². The third-order valence-corrected chi connectivity index (χ3v) is 3.72. The highest BCUT2D eigenvalue weighted by atomic mass is 16.2. The molecule has 0 aromatic heterocycles. The van der Waals surface area contributed by atoms with Crippen LogP contribution in [-0.2, 0) is 4.79 Å². The van der Waals surface area contributed by atoms with Crippen molar-refractivity contribution >= 4 is 11.9 Å². The van der Waals surface area contributed by atoms with Crippen LogP contribution in [0.2, 0.25) is 0 Å². The van der Waals surface area contributed by atoms with Gasteiger partial charge in [0.15, 0.2) is 0 Å². The Hall–Kier alpha value is -1.14. The number of carbonyl (C=O) groups excluding carboxylic acids is 2. The van der Waals surface area contributed by atoms with Crippen molar-refractivity contribution in [1.82, 2.24) is 20.9 Å². The van der Waals surface area contributed by atoms with Gasteiger partial charge in [0, 0.05) is 25.2 Å². The van der Waals surface area contributed by atoms with Crippen LogP contribution in [0.25, 0.3) is 0 Å². The topological polar surface area (TPSA) is 73.5 Å². The summed E-state index contributed by atoms with van der Waals surface area (Å²) in [5.74, 6) is -0.235. The number of carbonyl (C=O) groups is 2. The molecule has 1 fully saturated rings. The lowest BCUT2D eigenvalue weighted by atomic mass is 9.90. The first-order valence-electron chi connectivity index (χ1n) is 6.98. The largest absolute Gasteiger partial charge is 0.338 e. The summed E-state index contributed by atoms with van der Waals surface area (Å²) >= 11 is 0. The van der Waals surface area contributed by atoms with Crippen molar-refractivity contribution in [2.75, 3.05) is 33.2 Å². The van der Waals surface area contributed by atoms with Crippen LogP contribution in [0.4, 0.5) is 4.79 Å². The third-order valence-electron chi connectivity index (χ3n) is 3.72. The molecule has 0 aromatic rings. The number of piperidine rings is 1. The van der Waals surface area contributed by atoms with Gasteiger partial charge >= 0.3 is 6.03 Å². The molecule has 1 aliphatic heterocycles. The minimum absolute atomic E-state index is 0.172. The molecule has 19 heavy (non-hydrogen) atoms. The summed E-state index contributed by atoms with van der Waals surface area (Å²) in [6.45, 7) is 6.79. The lowest BCUT2D eigenvalue weighted by Gasteiger charge is -2.38. The number of hydrogen-bond donors (Lipinski definition) is 3. The second kappa shape index (κ2) is 7.45. The molecule has 3 amide bonds. The molecule has 0 unspecified atom stereocenters. The summed E-state index contributed by atoms with van der Waals surface area (Å²) in [5.41, 5.74) is 0.172. The van der Waals surface area contributed by atoms with Gasteiger partial charge in [-0.25, -0.2) is 4.79 Å². The van der Waals surface area contributed by atoms with Crippen LogP contribution in [0, 0.1) is 0 Å². The Kier molecular flexibility index (Phi) is 6.24. The first kappa shape index (κ1) is 15.9. The van der Waals surface area contributed by atoms with Gasteiger partial charge in [-0.2, -0.15) is 0 Å². The summed E-state index contributed by atoms with van der Waals surface area (Å²) < 4.78 is 0. The molecule has 0 bridgehead atoms. The van der Waals surface area contributed by atoms with Gasteiger partial charge in [-0.05, 0) is 33.2 Å². The summed E-state index contributed by atoms with van der Waals surface area (Å²) in [6.07, 6.45) is 2.88. The molecule has 0 radical (unpaired) electrons. The van der Waals surface area contributed by atoms with Gasteiger partial charge in [0.1, 0.15) is 0 Å². The molecule has 3 N–H and O–H groups in total. The summed E-state index contributed by atoms with van der Waals surface area (Å²) in [6, 6.07) is -0.399. The lowest BCUT2D eigenvalue weighted by Crippen LogP contribution is -2.52. The van der Waals surface area contributed by atoms with E-state index in [-0.39, 0.29) is 11.4 Å². The highest BCUT2D eigenvalue weighted by Gasteiger charge is 2.28. The maximum absolute atomic E-state index is 11.7. The fourth-order valence-electron chi connectivity index (χ4n) is 2.11. The molecule has 0 atom stereocenters. The van der Waals surface area contributed by atoms with E-state index >= 15 is 0 Å². The molecule has 0 spiro atoms. The molecule has 0 aliphatic carbocycles. The van der Waals surface area contributed by atoms with Gasteiger partial charge in [0.2, 0.25) is 5.91 Å². The molecule has 1 aliphatic rings. The van der Waals surface area contributed by atoms with Crippen LogP contribution >= 0.6 is 0 Å². The lowest BCUT2D eigenvalue weighted by molar-refractivity contribution is -0.121. The van der Waals surface area contributed by atoms with E-state index < -0.39 is 6.03 Å². The Bertz CT molecular complexity index is 312. The number of hydrogen-bond acceptors (Lipinski definition) is 4. The number of nitrogens with one attached hydrogen (secondary N) is 3. The highest BCUT2D eigenvalue weighted by molar-refractivity contribution is 5.95. The van der Waals surface area contributed by atoms with Crippen molar-refractivity contribution in [2.45, 2.75) is 38.6 Å². The van der Waals surface area contributed by atoms with E-state index in [0.29, 0.717) is 13.1 Å². The Labute approximate surface area is 115 Å². The zero-order chi connectivity index (χ0) is 14.3. The molecule has 1 heterocycles. The summed E-state index contributed by atoms with van der Waals surface area (Å²) in [7, 11) is 1.97. The monoisotopic (exact) mass is 270 g/mol. The average Bonchev–Trinajstić information content (AvgIpc) is 2.39. The van der Waals surface area contributed by atoms with Crippen LogP contribution in [0.1, 0.15) is 33.1 Å². The zero-order valence-corrected chi connectivity index (χ0v) is 12.2. The molecule has 1 rings (SSSR count). The van der Waals surface area contributed by atoms with Crippen molar-refractivity contribution in [1.29, 1.82) is 0 Å². The number of rotatable bonds is 5. The first-order chi connectivity index (χ1) is 8.99. The molecular formula is C13H26N4O2. The normalized spacial score (nSPS) is 18.9. The van der Waals surface area contributed by atoms with Crippen LogP contribution in [0.3, 0.4) is 0 Å². The molecule has 1 saturated heterocycles. The highest BCUT2D eigenvalue weighted by Crippen LogP contribution is 2.20. The van der Waals surface area contributed by atoms with Crippen LogP contribution in [0.5, 0.6) is 0 Å². The van der Waals surface area contributed by atoms with Crippen molar-refractivity contribution < 1.29 is 9.59 Å². The van der Waals surface area contributed by atoms with Crippen molar-refractivity contribution in [2.24, 2.45) is 0 Å². The van der Waals surface area contributed by atoms with Crippen LogP contribution in [0.15, 0.2) is 0 Å². The first-order valence-corrected chi connectivity index (χ1v) is 6.98. The fourth-order valence-corrected chi connectivity index (χ4v) is 2.11. The molecule has 6 nitrogen and oxygen atoms in total. The maximum Gasteiger partial charge on any atom is 0.321 e. The predicted octanol–water partition coefficient (Wildman–Crippen LogP) is 0.296. The average molecular weight is 270 g/mol. The van der Waals surface area contributed by atoms with E-state index in [1.54, 1.807) is 0 Å². The van der Waals surface area contributed by atoms with Crippen molar-refractivity contribution in [3.63, 3.8) is 0 Å². The molecule has 110 valence electrons. The molecule has 0 saturated carbocycles. The fraction of sp³-hybridized carbons (Fsp3) is 0.846. The molecule has 6 heteroatoms. The van der Waals surface area contributed by atoms with Gasteiger partial charge in [-0.1, -0.05) is 6.92 Å². The van der Waals surface area contributed by atoms with E-state index in [0.717, 1.165) is 32.4 Å². The van der Waals surface area contributed by atoms with E-state index in [2.05, 4.69) is 27.8 Å². The van der Waals surface area contributed by atoms with Gasteiger partial charge in [-0.3, -0.25) is 15.0 Å². The summed E-state index contributed by atoms with van der Waals surface area (Å²) in [4.78, 5) is 25.1. The Morgan fingerprint density at radius 1 is 1.26 bits per heavy atom.